The topological polar surface area (TPSA) is 119 Å². The number of oxime groups is 1. The molecule has 11 heteroatoms. The highest BCUT2D eigenvalue weighted by Crippen LogP contribution is 2.62. The number of allylic oxidation sites excluding steroid dienone is 1. The van der Waals surface area contributed by atoms with Crippen LogP contribution in [0.5, 0.6) is 17.2 Å². The third-order valence-corrected chi connectivity index (χ3v) is 14.3. The number of nitrogens with zero attached hydrogens (tertiary/aromatic N) is 2. The van der Waals surface area contributed by atoms with Gasteiger partial charge in [-0.3, -0.25) is 4.90 Å². The minimum atomic E-state index is -1.47. The maximum Gasteiger partial charge on any atom is 0.410 e. The van der Waals surface area contributed by atoms with E-state index in [-0.39, 0.29) is 63.0 Å². The predicted octanol–water partition coefficient (Wildman–Crippen LogP) is 13.4. The van der Waals surface area contributed by atoms with Crippen molar-refractivity contribution in [2.24, 2.45) is 22.9 Å². The standard InChI is InChI=1S/C57H79FN2O8/c1-6-9-10-11-12-13-14-15-16-21-35-64-56(63)60(40-43-25-27-45(58)28-26-43)53-39-51(59-66-8-3)49-37-44(22-17-19-32-61)48(23-18-20-33-62)54-50-38-47(67-46-29-24-41(4)42(5)36-46)30-31-52(50)68-57(53,55(49)54)65-34-7-2/h7,24-31,36-38,44,48,53-55,61-62H,2,6,8-23,32-35,39-40H2,1,3-5H3. The van der Waals surface area contributed by atoms with Crippen molar-refractivity contribution in [1.29, 1.82) is 0 Å². The third-order valence-electron chi connectivity index (χ3n) is 14.3. The van der Waals surface area contributed by atoms with Gasteiger partial charge in [-0.05, 0) is 129 Å². The highest BCUT2D eigenvalue weighted by atomic mass is 19.1. The molecule has 1 amide bonds. The van der Waals surface area contributed by atoms with Gasteiger partial charge in [-0.15, -0.1) is 6.58 Å². The molecule has 1 aliphatic heterocycles. The van der Waals surface area contributed by atoms with Crippen LogP contribution >= 0.6 is 0 Å². The first-order valence-corrected chi connectivity index (χ1v) is 25.8. The summed E-state index contributed by atoms with van der Waals surface area (Å²) in [7, 11) is 0. The number of aryl methyl sites for hydroxylation is 2. The Morgan fingerprint density at radius 3 is 2.21 bits per heavy atom. The lowest BCUT2D eigenvalue weighted by Crippen LogP contribution is -2.70. The summed E-state index contributed by atoms with van der Waals surface area (Å²) < 4.78 is 41.8. The number of carbonyl (C=O) groups is 1. The van der Waals surface area contributed by atoms with Crippen LogP contribution in [0.4, 0.5) is 9.18 Å². The monoisotopic (exact) mass is 939 g/mol. The zero-order valence-corrected chi connectivity index (χ0v) is 41.4. The smallest absolute Gasteiger partial charge is 0.410 e. The molecule has 0 spiro atoms. The number of ether oxygens (including phenoxy) is 4. The lowest BCUT2D eigenvalue weighted by Gasteiger charge is -2.59. The van der Waals surface area contributed by atoms with E-state index in [0.717, 1.165) is 73.0 Å². The van der Waals surface area contributed by atoms with Crippen LogP contribution in [0.1, 0.15) is 151 Å². The Labute approximate surface area is 405 Å². The molecule has 0 radical (unpaired) electrons. The van der Waals surface area contributed by atoms with E-state index in [9.17, 15) is 19.4 Å². The van der Waals surface area contributed by atoms with Crippen LogP contribution in [0.3, 0.4) is 0 Å². The van der Waals surface area contributed by atoms with Gasteiger partial charge in [-0.2, -0.15) is 0 Å². The fraction of sp³-hybridized carbons (Fsp3) is 0.579. The van der Waals surface area contributed by atoms with Crippen LogP contribution in [0, 0.1) is 37.4 Å². The van der Waals surface area contributed by atoms with E-state index in [0.29, 0.717) is 36.7 Å². The molecule has 6 rings (SSSR count). The lowest BCUT2D eigenvalue weighted by atomic mass is 9.55. The van der Waals surface area contributed by atoms with Crippen molar-refractivity contribution in [3.8, 4) is 17.2 Å². The maximum atomic E-state index is 14.9. The van der Waals surface area contributed by atoms with Crippen molar-refractivity contribution >= 4 is 11.8 Å². The molecule has 2 aliphatic carbocycles. The van der Waals surface area contributed by atoms with Crippen LogP contribution in [-0.2, 0) is 20.9 Å². The molecule has 3 aliphatic rings. The largest absolute Gasteiger partial charge is 0.459 e. The van der Waals surface area contributed by atoms with Crippen molar-refractivity contribution in [3.05, 3.63) is 113 Å². The normalized spacial score (nSPS) is 22.1. The summed E-state index contributed by atoms with van der Waals surface area (Å²) in [5, 5.41) is 24.8. The summed E-state index contributed by atoms with van der Waals surface area (Å²) in [6.45, 7) is 13.4. The van der Waals surface area contributed by atoms with Crippen LogP contribution in [0.25, 0.3) is 0 Å². The first kappa shape index (κ1) is 52.7. The zero-order chi connectivity index (χ0) is 48.3. The number of aliphatic hydroxyl groups excluding tert-OH is 2. The summed E-state index contributed by atoms with van der Waals surface area (Å²) in [5.41, 5.74) is 5.65. The number of aliphatic hydroxyl groups is 2. The van der Waals surface area contributed by atoms with Gasteiger partial charge in [-0.25, -0.2) is 9.18 Å². The molecule has 1 fully saturated rings. The molecule has 3 aromatic rings. The van der Waals surface area contributed by atoms with Crippen molar-refractivity contribution in [1.82, 2.24) is 4.90 Å². The van der Waals surface area contributed by atoms with Gasteiger partial charge in [0.1, 0.15) is 35.7 Å². The van der Waals surface area contributed by atoms with E-state index in [1.165, 1.54) is 62.6 Å². The highest BCUT2D eigenvalue weighted by molar-refractivity contribution is 6.03. The van der Waals surface area contributed by atoms with Crippen molar-refractivity contribution in [2.45, 2.75) is 161 Å². The Morgan fingerprint density at radius 2 is 1.53 bits per heavy atom. The Morgan fingerprint density at radius 1 is 0.853 bits per heavy atom. The average molecular weight is 939 g/mol. The maximum absolute atomic E-state index is 14.9. The molecule has 6 atom stereocenters. The lowest BCUT2D eigenvalue weighted by molar-refractivity contribution is -0.256. The fourth-order valence-electron chi connectivity index (χ4n) is 10.7. The van der Waals surface area contributed by atoms with Crippen molar-refractivity contribution in [2.75, 3.05) is 33.0 Å². The summed E-state index contributed by atoms with van der Waals surface area (Å²) in [6.07, 6.45) is 19.9. The minimum Gasteiger partial charge on any atom is -0.459 e. The van der Waals surface area contributed by atoms with Crippen molar-refractivity contribution < 1.29 is 43.2 Å². The Bertz CT molecular complexity index is 2110. The molecule has 6 unspecified atom stereocenters. The fourth-order valence-corrected chi connectivity index (χ4v) is 10.7. The molecule has 10 nitrogen and oxygen atoms in total. The van der Waals surface area contributed by atoms with Gasteiger partial charge < -0.3 is 34.0 Å². The molecule has 372 valence electrons. The van der Waals surface area contributed by atoms with Gasteiger partial charge in [0.25, 0.3) is 0 Å². The van der Waals surface area contributed by atoms with E-state index in [1.54, 1.807) is 23.1 Å². The van der Waals surface area contributed by atoms with Crippen LogP contribution in [0.2, 0.25) is 0 Å². The van der Waals surface area contributed by atoms with Crippen LogP contribution in [-0.4, -0.2) is 71.8 Å². The summed E-state index contributed by atoms with van der Waals surface area (Å²) in [4.78, 5) is 22.6. The Balaban J connectivity index is 1.45. The average Bonchev–Trinajstić information content (AvgIpc) is 3.34. The second-order valence-electron chi connectivity index (χ2n) is 19.1. The first-order chi connectivity index (χ1) is 33.2. The number of unbranched alkanes of at least 4 members (excludes halogenated alkanes) is 11. The number of halogens is 1. The summed E-state index contributed by atoms with van der Waals surface area (Å²) in [5.74, 6) is -0.418. The van der Waals surface area contributed by atoms with Gasteiger partial charge >= 0.3 is 6.09 Å². The first-order valence-electron chi connectivity index (χ1n) is 25.8. The van der Waals surface area contributed by atoms with Gasteiger partial charge in [0, 0.05) is 37.7 Å². The second kappa shape index (κ2) is 26.9. The number of carbonyl (C=O) groups excluding carboxylic acids is 1. The molecule has 0 aromatic heterocycles. The number of hydrogen-bond donors (Lipinski definition) is 2. The van der Waals surface area contributed by atoms with Gasteiger partial charge in [0.15, 0.2) is 0 Å². The molecular formula is C57H79FN2O8. The number of amides is 1. The number of hydrogen-bond acceptors (Lipinski definition) is 9. The van der Waals surface area contributed by atoms with E-state index in [1.807, 2.05) is 31.2 Å². The minimum absolute atomic E-state index is 0.0427. The second-order valence-corrected chi connectivity index (χ2v) is 19.1. The molecule has 3 aromatic carbocycles. The highest BCUT2D eigenvalue weighted by Gasteiger charge is 2.65. The van der Waals surface area contributed by atoms with E-state index in [4.69, 9.17) is 28.9 Å². The molecule has 1 heterocycles. The van der Waals surface area contributed by atoms with Gasteiger partial charge in [-0.1, -0.05) is 113 Å². The quantitative estimate of drug-likeness (QED) is 0.0401. The number of rotatable bonds is 29. The van der Waals surface area contributed by atoms with Crippen molar-refractivity contribution in [3.63, 3.8) is 0 Å². The molecule has 2 N–H and O–H groups in total. The SMILES string of the molecule is C=CCOC12Oc3ccc(Oc4ccc(C)c(C)c4)cc3C3C(CCCCO)C(CCCCO)C=C(C(=NOCC)CC1N(Cc1ccc(F)cc1)C(=O)OCCCCCCCCCCCC)C32. The molecule has 0 saturated heterocycles. The molecule has 0 bridgehead atoms. The Hall–Kier alpha value is -4.71. The third kappa shape index (κ3) is 13.5. The molecule has 68 heavy (non-hydrogen) atoms. The number of benzene rings is 3. The summed E-state index contributed by atoms with van der Waals surface area (Å²) in [6, 6.07) is 17.5. The van der Waals surface area contributed by atoms with Gasteiger partial charge in [0.2, 0.25) is 5.79 Å². The van der Waals surface area contributed by atoms with E-state index < -0.39 is 23.8 Å². The van der Waals surface area contributed by atoms with Gasteiger partial charge in [0.05, 0.1) is 24.8 Å². The number of fused-ring (bicyclic) bond motifs is 2. The van der Waals surface area contributed by atoms with Crippen LogP contribution in [0.15, 0.2) is 90.1 Å². The van der Waals surface area contributed by atoms with Crippen LogP contribution < -0.4 is 9.47 Å². The summed E-state index contributed by atoms with van der Waals surface area (Å²) >= 11 is 0. The van der Waals surface area contributed by atoms with E-state index in [2.05, 4.69) is 45.6 Å². The molecule has 1 saturated carbocycles. The predicted molar refractivity (Wildman–Crippen MR) is 268 cm³/mol. The Kier molecular flexibility index (Phi) is 20.8. The zero-order valence-electron chi connectivity index (χ0n) is 41.4. The molecular weight excluding hydrogens is 860 g/mol. The van der Waals surface area contributed by atoms with E-state index >= 15 is 0 Å².